The van der Waals surface area contributed by atoms with E-state index in [0.29, 0.717) is 11.5 Å². The third kappa shape index (κ3) is 1.44. The number of hydrogen-bond donors (Lipinski definition) is 2. The van der Waals surface area contributed by atoms with Crippen molar-refractivity contribution in [2.45, 2.75) is 0 Å². The lowest BCUT2D eigenvalue weighted by Gasteiger charge is -2.22. The Kier molecular flexibility index (Phi) is 1.89. The van der Waals surface area contributed by atoms with Gasteiger partial charge in [-0.05, 0) is 29.8 Å². The van der Waals surface area contributed by atoms with Gasteiger partial charge in [0.2, 0.25) is 0 Å². The number of benzene rings is 2. The van der Waals surface area contributed by atoms with Crippen molar-refractivity contribution in [2.24, 2.45) is 0 Å². The average molecular weight is 226 g/mol. The summed E-state index contributed by atoms with van der Waals surface area (Å²) in [5.74, 6) is 1.38. The van der Waals surface area contributed by atoms with Crippen molar-refractivity contribution in [3.8, 4) is 23.0 Å². The minimum atomic E-state index is 0.139. The predicted octanol–water partition coefficient (Wildman–Crippen LogP) is 3.27. The van der Waals surface area contributed by atoms with Crippen molar-refractivity contribution in [2.75, 3.05) is 0 Å². The number of fused-ring (bicyclic) bond motifs is 2. The molecule has 2 aromatic carbocycles. The maximum absolute atomic E-state index is 9.42. The standard InChI is InChI=1S/C14H10O3/c1-8-11-4-2-9(15)6-13(11)17-14-7-10(16)3-5-12(8)14/h2-7,15-16H,1H2. The zero-order chi connectivity index (χ0) is 12.0. The monoisotopic (exact) mass is 226 g/mol. The highest BCUT2D eigenvalue weighted by molar-refractivity contribution is 5.87. The van der Waals surface area contributed by atoms with Crippen LogP contribution < -0.4 is 4.74 Å². The van der Waals surface area contributed by atoms with Crippen molar-refractivity contribution in [3.05, 3.63) is 54.1 Å². The van der Waals surface area contributed by atoms with Gasteiger partial charge >= 0.3 is 0 Å². The molecule has 0 radical (unpaired) electrons. The van der Waals surface area contributed by atoms with E-state index in [1.54, 1.807) is 24.3 Å². The molecule has 3 rings (SSSR count). The lowest BCUT2D eigenvalue weighted by atomic mass is 9.95. The van der Waals surface area contributed by atoms with Crippen molar-refractivity contribution in [1.82, 2.24) is 0 Å². The van der Waals surface area contributed by atoms with E-state index in [1.807, 2.05) is 0 Å². The fraction of sp³-hybridized carbons (Fsp3) is 0. The molecule has 2 aromatic rings. The molecule has 1 aliphatic heterocycles. The summed E-state index contributed by atoms with van der Waals surface area (Å²) >= 11 is 0. The Morgan fingerprint density at radius 2 is 1.29 bits per heavy atom. The normalized spacial score (nSPS) is 12.6. The Bertz CT molecular complexity index is 576. The van der Waals surface area contributed by atoms with Crippen LogP contribution in [0.1, 0.15) is 11.1 Å². The van der Waals surface area contributed by atoms with Gasteiger partial charge in [-0.15, -0.1) is 0 Å². The minimum absolute atomic E-state index is 0.139. The lowest BCUT2D eigenvalue weighted by molar-refractivity contribution is 0.441. The van der Waals surface area contributed by atoms with Crippen LogP contribution in [0.15, 0.2) is 43.0 Å². The van der Waals surface area contributed by atoms with Gasteiger partial charge in [0.05, 0.1) is 0 Å². The zero-order valence-corrected chi connectivity index (χ0v) is 8.97. The fourth-order valence-corrected chi connectivity index (χ4v) is 1.95. The molecule has 0 aliphatic carbocycles. The lowest BCUT2D eigenvalue weighted by Crippen LogP contribution is -2.01. The Morgan fingerprint density at radius 3 is 1.76 bits per heavy atom. The van der Waals surface area contributed by atoms with Crippen molar-refractivity contribution in [3.63, 3.8) is 0 Å². The second-order valence-electron chi connectivity index (χ2n) is 3.94. The molecule has 0 amide bonds. The van der Waals surface area contributed by atoms with Crippen LogP contribution in [0.3, 0.4) is 0 Å². The van der Waals surface area contributed by atoms with E-state index in [4.69, 9.17) is 4.74 Å². The molecule has 1 aliphatic rings. The molecule has 0 spiro atoms. The number of phenols is 2. The summed E-state index contributed by atoms with van der Waals surface area (Å²) in [4.78, 5) is 0. The van der Waals surface area contributed by atoms with E-state index in [9.17, 15) is 10.2 Å². The fourth-order valence-electron chi connectivity index (χ4n) is 1.95. The van der Waals surface area contributed by atoms with Crippen molar-refractivity contribution >= 4 is 5.57 Å². The number of hydrogen-bond acceptors (Lipinski definition) is 3. The summed E-state index contributed by atoms with van der Waals surface area (Å²) in [7, 11) is 0. The third-order valence-corrected chi connectivity index (χ3v) is 2.80. The van der Waals surface area contributed by atoms with E-state index >= 15 is 0 Å². The Hall–Kier alpha value is -2.42. The summed E-state index contributed by atoms with van der Waals surface area (Å²) < 4.78 is 5.63. The van der Waals surface area contributed by atoms with Crippen LogP contribution in [0.5, 0.6) is 23.0 Å². The molecule has 0 atom stereocenters. The first-order valence-corrected chi connectivity index (χ1v) is 5.19. The number of rotatable bonds is 0. The summed E-state index contributed by atoms with van der Waals surface area (Å²) in [5.41, 5.74) is 2.52. The highest BCUT2D eigenvalue weighted by Crippen LogP contribution is 2.44. The van der Waals surface area contributed by atoms with Crippen LogP contribution in [0, 0.1) is 0 Å². The summed E-state index contributed by atoms with van der Waals surface area (Å²) in [6.07, 6.45) is 0. The first-order valence-electron chi connectivity index (χ1n) is 5.19. The van der Waals surface area contributed by atoms with Crippen molar-refractivity contribution < 1.29 is 14.9 Å². The Balaban J connectivity index is 2.21. The van der Waals surface area contributed by atoms with Crippen LogP contribution >= 0.6 is 0 Å². The largest absolute Gasteiger partial charge is 0.508 e. The smallest absolute Gasteiger partial charge is 0.138 e. The van der Waals surface area contributed by atoms with Gasteiger partial charge in [0, 0.05) is 23.3 Å². The summed E-state index contributed by atoms with van der Waals surface area (Å²) in [6, 6.07) is 9.80. The van der Waals surface area contributed by atoms with Gasteiger partial charge in [-0.25, -0.2) is 0 Å². The van der Waals surface area contributed by atoms with Crippen molar-refractivity contribution in [1.29, 1.82) is 0 Å². The predicted molar refractivity (Wildman–Crippen MR) is 64.4 cm³/mol. The molecule has 0 aromatic heterocycles. The second-order valence-corrected chi connectivity index (χ2v) is 3.94. The maximum Gasteiger partial charge on any atom is 0.138 e. The molecular formula is C14H10O3. The van der Waals surface area contributed by atoms with E-state index in [1.165, 1.54) is 12.1 Å². The molecule has 1 heterocycles. The molecule has 3 nitrogen and oxygen atoms in total. The Labute approximate surface area is 98.2 Å². The number of phenolic OH excluding ortho intramolecular Hbond substituents is 2. The van der Waals surface area contributed by atoms with E-state index in [-0.39, 0.29) is 11.5 Å². The first-order chi connectivity index (χ1) is 8.15. The van der Waals surface area contributed by atoms with Crippen LogP contribution in [-0.4, -0.2) is 10.2 Å². The van der Waals surface area contributed by atoms with Gasteiger partial charge in [-0.1, -0.05) is 6.58 Å². The SMILES string of the molecule is C=C1c2ccc(O)cc2Oc2cc(O)ccc21. The van der Waals surface area contributed by atoms with Gasteiger partial charge in [-0.2, -0.15) is 0 Å². The highest BCUT2D eigenvalue weighted by atomic mass is 16.5. The van der Waals surface area contributed by atoms with Gasteiger partial charge in [0.25, 0.3) is 0 Å². The molecule has 0 bridgehead atoms. The zero-order valence-electron chi connectivity index (χ0n) is 8.97. The van der Waals surface area contributed by atoms with Gasteiger partial charge in [0.15, 0.2) is 0 Å². The van der Waals surface area contributed by atoms with E-state index < -0.39 is 0 Å². The molecule has 3 heteroatoms. The van der Waals surface area contributed by atoms with Gasteiger partial charge < -0.3 is 14.9 Å². The van der Waals surface area contributed by atoms with Crippen LogP contribution in [0.2, 0.25) is 0 Å². The number of aromatic hydroxyl groups is 2. The maximum atomic E-state index is 9.42. The molecule has 0 saturated heterocycles. The molecule has 84 valence electrons. The van der Waals surface area contributed by atoms with Crippen LogP contribution in [-0.2, 0) is 0 Å². The van der Waals surface area contributed by atoms with Gasteiger partial charge in [-0.3, -0.25) is 0 Å². The summed E-state index contributed by atoms with van der Waals surface area (Å²) in [5, 5.41) is 18.8. The first kappa shape index (κ1) is 9.78. The average Bonchev–Trinajstić information content (AvgIpc) is 2.28. The molecule has 17 heavy (non-hydrogen) atoms. The van der Waals surface area contributed by atoms with E-state index in [0.717, 1.165) is 16.7 Å². The quantitative estimate of drug-likeness (QED) is 0.618. The summed E-state index contributed by atoms with van der Waals surface area (Å²) in [6.45, 7) is 4.01. The second kappa shape index (κ2) is 3.28. The minimum Gasteiger partial charge on any atom is -0.508 e. The molecule has 0 saturated carbocycles. The third-order valence-electron chi connectivity index (χ3n) is 2.80. The number of ether oxygens (including phenoxy) is 1. The topological polar surface area (TPSA) is 49.7 Å². The van der Waals surface area contributed by atoms with E-state index in [2.05, 4.69) is 6.58 Å². The molecule has 2 N–H and O–H groups in total. The molecule has 0 fully saturated rings. The molecule has 0 unspecified atom stereocenters. The van der Waals surface area contributed by atoms with Crippen LogP contribution in [0.25, 0.3) is 5.57 Å². The van der Waals surface area contributed by atoms with Crippen LogP contribution in [0.4, 0.5) is 0 Å². The van der Waals surface area contributed by atoms with Gasteiger partial charge in [0.1, 0.15) is 23.0 Å². The molecular weight excluding hydrogens is 216 g/mol. The highest BCUT2D eigenvalue weighted by Gasteiger charge is 2.20. The Morgan fingerprint density at radius 1 is 0.824 bits per heavy atom.